The average molecular weight is 269 g/mol. The number of likely N-dealkylation sites (N-methyl/N-ethyl adjacent to an activating group) is 1. The summed E-state index contributed by atoms with van der Waals surface area (Å²) in [4.78, 5) is 16.5. The van der Waals surface area contributed by atoms with Crippen LogP contribution in [0.3, 0.4) is 0 Å². The van der Waals surface area contributed by atoms with Gasteiger partial charge in [-0.25, -0.2) is 0 Å². The molecule has 0 aliphatic carbocycles. The number of rotatable bonds is 9. The van der Waals surface area contributed by atoms with Crippen LogP contribution in [0.4, 0.5) is 0 Å². The lowest BCUT2D eigenvalue weighted by Crippen LogP contribution is -2.38. The van der Waals surface area contributed by atoms with Gasteiger partial charge in [0.15, 0.2) is 0 Å². The third-order valence-corrected chi connectivity index (χ3v) is 3.92. The van der Waals surface area contributed by atoms with Crippen LogP contribution in [-0.4, -0.2) is 61.5 Å². The van der Waals surface area contributed by atoms with E-state index < -0.39 is 0 Å². The van der Waals surface area contributed by atoms with Crippen molar-refractivity contribution in [3.8, 4) is 0 Å². The quantitative estimate of drug-likeness (QED) is 0.692. The molecule has 19 heavy (non-hydrogen) atoms. The Kier molecular flexibility index (Phi) is 8.07. The Bertz CT molecular complexity index is 246. The lowest BCUT2D eigenvalue weighted by molar-refractivity contribution is -0.131. The number of carbonyl (C=O) groups excluding carboxylic acids is 1. The first kappa shape index (κ1) is 16.4. The Morgan fingerprint density at radius 2 is 1.89 bits per heavy atom. The van der Waals surface area contributed by atoms with Crippen molar-refractivity contribution in [2.24, 2.45) is 0 Å². The van der Waals surface area contributed by atoms with Crippen LogP contribution in [-0.2, 0) is 4.79 Å². The molecular formula is C15H31N3O. The van der Waals surface area contributed by atoms with E-state index in [1.165, 1.54) is 12.8 Å². The summed E-state index contributed by atoms with van der Waals surface area (Å²) < 4.78 is 0. The minimum atomic E-state index is 0.307. The monoisotopic (exact) mass is 269 g/mol. The Labute approximate surface area is 118 Å². The highest BCUT2D eigenvalue weighted by molar-refractivity contribution is 5.76. The second-order valence-electron chi connectivity index (χ2n) is 5.60. The highest BCUT2D eigenvalue weighted by Crippen LogP contribution is 2.09. The summed E-state index contributed by atoms with van der Waals surface area (Å²) in [5, 5.41) is 3.31. The molecule has 1 aliphatic heterocycles. The summed E-state index contributed by atoms with van der Waals surface area (Å²) in [5.74, 6) is 0.307. The van der Waals surface area contributed by atoms with Gasteiger partial charge in [-0.2, -0.15) is 0 Å². The maximum atomic E-state index is 12.1. The second kappa shape index (κ2) is 9.32. The number of nitrogens with one attached hydrogen (secondary N) is 1. The Hall–Kier alpha value is -0.610. The standard InChI is InChI=1S/C15H31N3O/c1-4-10-18(11-5-2)12-6-7-15(19)17(3)14-8-9-16-13-14/h14,16H,4-13H2,1-3H3. The van der Waals surface area contributed by atoms with Crippen molar-refractivity contribution in [1.82, 2.24) is 15.1 Å². The highest BCUT2D eigenvalue weighted by Gasteiger charge is 2.22. The zero-order chi connectivity index (χ0) is 14.1. The zero-order valence-corrected chi connectivity index (χ0v) is 13.0. The van der Waals surface area contributed by atoms with Crippen molar-refractivity contribution in [2.75, 3.05) is 39.8 Å². The first-order valence-corrected chi connectivity index (χ1v) is 7.87. The van der Waals surface area contributed by atoms with Crippen LogP contribution in [0.5, 0.6) is 0 Å². The van der Waals surface area contributed by atoms with Gasteiger partial charge in [-0.15, -0.1) is 0 Å². The van der Waals surface area contributed by atoms with Crippen molar-refractivity contribution >= 4 is 5.91 Å². The summed E-state index contributed by atoms with van der Waals surface area (Å²) in [6, 6.07) is 0.412. The molecule has 1 amide bonds. The fourth-order valence-electron chi connectivity index (χ4n) is 2.77. The second-order valence-corrected chi connectivity index (χ2v) is 5.60. The average Bonchev–Trinajstić information content (AvgIpc) is 2.92. The maximum absolute atomic E-state index is 12.1. The third-order valence-electron chi connectivity index (χ3n) is 3.92. The van der Waals surface area contributed by atoms with Crippen LogP contribution in [0.2, 0.25) is 0 Å². The van der Waals surface area contributed by atoms with E-state index in [9.17, 15) is 4.79 Å². The van der Waals surface area contributed by atoms with Crippen LogP contribution in [0.15, 0.2) is 0 Å². The van der Waals surface area contributed by atoms with Crippen LogP contribution in [0, 0.1) is 0 Å². The van der Waals surface area contributed by atoms with E-state index in [2.05, 4.69) is 24.1 Å². The van der Waals surface area contributed by atoms with Gasteiger partial charge in [-0.1, -0.05) is 13.8 Å². The number of hydrogen-bond donors (Lipinski definition) is 1. The first-order valence-electron chi connectivity index (χ1n) is 7.87. The predicted octanol–water partition coefficient (Wildman–Crippen LogP) is 1.71. The minimum absolute atomic E-state index is 0.307. The molecule has 1 aliphatic rings. The molecule has 0 radical (unpaired) electrons. The van der Waals surface area contributed by atoms with Gasteiger partial charge < -0.3 is 15.1 Å². The van der Waals surface area contributed by atoms with Gasteiger partial charge in [-0.3, -0.25) is 4.79 Å². The molecule has 1 heterocycles. The molecule has 0 aromatic carbocycles. The van der Waals surface area contributed by atoms with Gasteiger partial charge >= 0.3 is 0 Å². The van der Waals surface area contributed by atoms with E-state index in [-0.39, 0.29) is 0 Å². The van der Waals surface area contributed by atoms with Crippen LogP contribution in [0.1, 0.15) is 46.0 Å². The van der Waals surface area contributed by atoms with Crippen molar-refractivity contribution in [2.45, 2.75) is 52.0 Å². The predicted molar refractivity (Wildman–Crippen MR) is 80.3 cm³/mol. The third kappa shape index (κ3) is 5.91. The van der Waals surface area contributed by atoms with E-state index in [4.69, 9.17) is 0 Å². The summed E-state index contributed by atoms with van der Waals surface area (Å²) in [5.41, 5.74) is 0. The highest BCUT2D eigenvalue weighted by atomic mass is 16.2. The molecule has 1 fully saturated rings. The number of amides is 1. The molecule has 4 heteroatoms. The molecule has 0 saturated carbocycles. The number of carbonyl (C=O) groups is 1. The van der Waals surface area contributed by atoms with Gasteiger partial charge in [0.1, 0.15) is 0 Å². The molecule has 1 N–H and O–H groups in total. The van der Waals surface area contributed by atoms with E-state index in [1.807, 2.05) is 11.9 Å². The molecule has 1 unspecified atom stereocenters. The molecule has 1 rings (SSSR count). The maximum Gasteiger partial charge on any atom is 0.222 e. The fraction of sp³-hybridized carbons (Fsp3) is 0.933. The summed E-state index contributed by atoms with van der Waals surface area (Å²) >= 11 is 0. The lowest BCUT2D eigenvalue weighted by atomic mass is 10.2. The summed E-state index contributed by atoms with van der Waals surface area (Å²) in [7, 11) is 1.95. The molecular weight excluding hydrogens is 238 g/mol. The van der Waals surface area contributed by atoms with Gasteiger partial charge in [0.25, 0.3) is 0 Å². The lowest BCUT2D eigenvalue weighted by Gasteiger charge is -2.25. The fourth-order valence-corrected chi connectivity index (χ4v) is 2.77. The first-order chi connectivity index (χ1) is 9.19. The molecule has 0 aromatic rings. The van der Waals surface area contributed by atoms with Crippen LogP contribution in [0.25, 0.3) is 0 Å². The normalized spacial score (nSPS) is 19.1. The molecule has 4 nitrogen and oxygen atoms in total. The largest absolute Gasteiger partial charge is 0.341 e. The number of nitrogens with zero attached hydrogens (tertiary/aromatic N) is 2. The Morgan fingerprint density at radius 1 is 1.21 bits per heavy atom. The van der Waals surface area contributed by atoms with Crippen LogP contribution >= 0.6 is 0 Å². The molecule has 1 atom stereocenters. The summed E-state index contributed by atoms with van der Waals surface area (Å²) in [6.45, 7) is 9.81. The van der Waals surface area contributed by atoms with Crippen LogP contribution < -0.4 is 5.32 Å². The minimum Gasteiger partial charge on any atom is -0.341 e. The Balaban J connectivity index is 2.20. The topological polar surface area (TPSA) is 35.6 Å². The Morgan fingerprint density at radius 3 is 2.42 bits per heavy atom. The van der Waals surface area contributed by atoms with Gasteiger partial charge in [0.2, 0.25) is 5.91 Å². The van der Waals surface area contributed by atoms with Gasteiger partial charge in [0.05, 0.1) is 0 Å². The van der Waals surface area contributed by atoms with Crippen molar-refractivity contribution in [1.29, 1.82) is 0 Å². The zero-order valence-electron chi connectivity index (χ0n) is 13.0. The molecule has 0 bridgehead atoms. The summed E-state index contributed by atoms with van der Waals surface area (Å²) in [6.07, 6.45) is 5.17. The van der Waals surface area contributed by atoms with Gasteiger partial charge in [-0.05, 0) is 51.9 Å². The van der Waals surface area contributed by atoms with E-state index in [0.29, 0.717) is 18.4 Å². The molecule has 1 saturated heterocycles. The van der Waals surface area contributed by atoms with Crippen molar-refractivity contribution in [3.63, 3.8) is 0 Å². The molecule has 112 valence electrons. The van der Waals surface area contributed by atoms with E-state index in [1.54, 1.807) is 0 Å². The van der Waals surface area contributed by atoms with E-state index in [0.717, 1.165) is 45.6 Å². The molecule has 0 aromatic heterocycles. The van der Waals surface area contributed by atoms with E-state index >= 15 is 0 Å². The number of hydrogen-bond acceptors (Lipinski definition) is 3. The van der Waals surface area contributed by atoms with Gasteiger partial charge in [0, 0.05) is 26.1 Å². The molecule has 0 spiro atoms. The smallest absolute Gasteiger partial charge is 0.222 e. The SMILES string of the molecule is CCCN(CCC)CCCC(=O)N(C)C1CCNC1. The van der Waals surface area contributed by atoms with Crippen molar-refractivity contribution < 1.29 is 4.79 Å². The van der Waals surface area contributed by atoms with Crippen molar-refractivity contribution in [3.05, 3.63) is 0 Å².